The second-order valence-corrected chi connectivity index (χ2v) is 3.35. The summed E-state index contributed by atoms with van der Waals surface area (Å²) in [6.07, 6.45) is 5.54. The molecular formula is C11H7ClN2O. The van der Waals surface area contributed by atoms with E-state index in [0.29, 0.717) is 22.6 Å². The molecule has 0 aliphatic rings. The quantitative estimate of drug-likeness (QED) is 0.728. The average molecular weight is 219 g/mol. The van der Waals surface area contributed by atoms with Crippen molar-refractivity contribution in [3.05, 3.63) is 47.4 Å². The van der Waals surface area contributed by atoms with Crippen LogP contribution >= 0.6 is 11.6 Å². The molecule has 0 radical (unpaired) electrons. The Balaban J connectivity index is 2.51. The first kappa shape index (κ1) is 9.80. The van der Waals surface area contributed by atoms with Gasteiger partial charge in [0.2, 0.25) is 0 Å². The van der Waals surface area contributed by atoms with E-state index < -0.39 is 0 Å². The summed E-state index contributed by atoms with van der Waals surface area (Å²) in [5.41, 5.74) is 2.06. The Kier molecular flexibility index (Phi) is 2.74. The number of pyridine rings is 2. The van der Waals surface area contributed by atoms with E-state index in [1.54, 1.807) is 18.5 Å². The van der Waals surface area contributed by atoms with E-state index in [1.165, 1.54) is 6.20 Å². The van der Waals surface area contributed by atoms with Gasteiger partial charge >= 0.3 is 0 Å². The van der Waals surface area contributed by atoms with E-state index in [0.717, 1.165) is 5.56 Å². The Bertz CT molecular complexity index is 485. The van der Waals surface area contributed by atoms with Gasteiger partial charge in [0.25, 0.3) is 0 Å². The molecule has 2 aromatic rings. The average Bonchev–Trinajstić information content (AvgIpc) is 2.31. The van der Waals surface area contributed by atoms with Crippen molar-refractivity contribution >= 4 is 17.9 Å². The van der Waals surface area contributed by atoms with E-state index in [9.17, 15) is 4.79 Å². The van der Waals surface area contributed by atoms with Gasteiger partial charge < -0.3 is 0 Å². The highest BCUT2D eigenvalue weighted by atomic mass is 35.5. The first-order chi connectivity index (χ1) is 7.31. The molecule has 0 saturated heterocycles. The Morgan fingerprint density at radius 2 is 2.00 bits per heavy atom. The fraction of sp³-hybridized carbons (Fsp3) is 0. The van der Waals surface area contributed by atoms with Crippen LogP contribution in [0.1, 0.15) is 10.4 Å². The molecule has 4 heteroatoms. The second kappa shape index (κ2) is 4.19. The van der Waals surface area contributed by atoms with Gasteiger partial charge in [-0.05, 0) is 18.2 Å². The lowest BCUT2D eigenvalue weighted by Crippen LogP contribution is -1.88. The highest BCUT2D eigenvalue weighted by Crippen LogP contribution is 2.20. The van der Waals surface area contributed by atoms with E-state index in [1.807, 2.05) is 12.1 Å². The minimum absolute atomic E-state index is 0.364. The van der Waals surface area contributed by atoms with Crippen LogP contribution in [0.15, 0.2) is 36.8 Å². The zero-order valence-corrected chi connectivity index (χ0v) is 8.48. The lowest BCUT2D eigenvalue weighted by molar-refractivity contribution is 0.112. The Labute approximate surface area is 91.8 Å². The van der Waals surface area contributed by atoms with Gasteiger partial charge in [0, 0.05) is 29.7 Å². The van der Waals surface area contributed by atoms with Crippen LogP contribution in [0.2, 0.25) is 5.02 Å². The molecule has 0 saturated carbocycles. The summed E-state index contributed by atoms with van der Waals surface area (Å²) in [5.74, 6) is 0. The molecule has 3 nitrogen and oxygen atoms in total. The van der Waals surface area contributed by atoms with E-state index in [4.69, 9.17) is 11.6 Å². The molecule has 2 rings (SSSR count). The van der Waals surface area contributed by atoms with Crippen molar-refractivity contribution in [2.24, 2.45) is 0 Å². The van der Waals surface area contributed by atoms with E-state index in [2.05, 4.69) is 9.97 Å². The molecule has 0 atom stereocenters. The van der Waals surface area contributed by atoms with Crippen LogP contribution in [0.4, 0.5) is 0 Å². The second-order valence-electron chi connectivity index (χ2n) is 2.94. The Hall–Kier alpha value is -1.74. The standard InChI is InChI=1S/C11H7ClN2O/c12-10-6-14-11(5-9(10)7-15)8-1-3-13-4-2-8/h1-7H. The van der Waals surface area contributed by atoms with Gasteiger partial charge in [-0.3, -0.25) is 14.8 Å². The third-order valence-electron chi connectivity index (χ3n) is 1.99. The number of nitrogens with zero attached hydrogens (tertiary/aromatic N) is 2. The number of hydrogen-bond acceptors (Lipinski definition) is 3. The number of hydrogen-bond donors (Lipinski definition) is 0. The van der Waals surface area contributed by atoms with Gasteiger partial charge in [-0.2, -0.15) is 0 Å². The molecule has 74 valence electrons. The molecule has 0 spiro atoms. The number of rotatable bonds is 2. The molecule has 0 aliphatic heterocycles. The van der Waals surface area contributed by atoms with Crippen LogP contribution in [-0.2, 0) is 0 Å². The number of aldehydes is 1. The van der Waals surface area contributed by atoms with Crippen LogP contribution in [-0.4, -0.2) is 16.3 Å². The third-order valence-corrected chi connectivity index (χ3v) is 2.30. The molecule has 2 heterocycles. The molecule has 0 N–H and O–H groups in total. The molecule has 0 fully saturated rings. The zero-order chi connectivity index (χ0) is 10.7. The van der Waals surface area contributed by atoms with Gasteiger partial charge in [-0.1, -0.05) is 11.6 Å². The smallest absolute Gasteiger partial charge is 0.151 e. The van der Waals surface area contributed by atoms with Crippen molar-refractivity contribution < 1.29 is 4.79 Å². The highest BCUT2D eigenvalue weighted by Gasteiger charge is 2.03. The predicted molar refractivity (Wildman–Crippen MR) is 57.9 cm³/mol. The summed E-state index contributed by atoms with van der Waals surface area (Å²) in [6.45, 7) is 0. The van der Waals surface area contributed by atoms with Gasteiger partial charge in [-0.25, -0.2) is 0 Å². The summed E-state index contributed by atoms with van der Waals surface area (Å²) >= 11 is 5.78. The maximum absolute atomic E-state index is 10.7. The van der Waals surface area contributed by atoms with Crippen LogP contribution < -0.4 is 0 Å². The maximum Gasteiger partial charge on any atom is 0.151 e. The number of carbonyl (C=O) groups excluding carboxylic acids is 1. The summed E-state index contributed by atoms with van der Waals surface area (Å²) in [6, 6.07) is 5.31. The van der Waals surface area contributed by atoms with Crippen molar-refractivity contribution in [2.75, 3.05) is 0 Å². The summed E-state index contributed by atoms with van der Waals surface area (Å²) < 4.78 is 0. The van der Waals surface area contributed by atoms with Gasteiger partial charge in [-0.15, -0.1) is 0 Å². The number of carbonyl (C=O) groups is 1. The van der Waals surface area contributed by atoms with Crippen molar-refractivity contribution in [2.45, 2.75) is 0 Å². The molecule has 2 aromatic heterocycles. The van der Waals surface area contributed by atoms with Gasteiger partial charge in [0.1, 0.15) is 0 Å². The molecule has 15 heavy (non-hydrogen) atoms. The molecule has 0 aliphatic carbocycles. The predicted octanol–water partition coefficient (Wildman–Crippen LogP) is 2.61. The van der Waals surface area contributed by atoms with Crippen molar-refractivity contribution in [3.8, 4) is 11.3 Å². The molecular weight excluding hydrogens is 212 g/mol. The minimum Gasteiger partial charge on any atom is -0.298 e. The first-order valence-corrected chi connectivity index (χ1v) is 4.70. The summed E-state index contributed by atoms with van der Waals surface area (Å²) in [4.78, 5) is 18.7. The van der Waals surface area contributed by atoms with Crippen molar-refractivity contribution in [1.82, 2.24) is 9.97 Å². The number of halogens is 1. The fourth-order valence-corrected chi connectivity index (χ4v) is 1.37. The molecule has 0 unspecified atom stereocenters. The normalized spacial score (nSPS) is 9.93. The largest absolute Gasteiger partial charge is 0.298 e. The van der Waals surface area contributed by atoms with Crippen LogP contribution in [0, 0.1) is 0 Å². The van der Waals surface area contributed by atoms with Gasteiger partial charge in [0.15, 0.2) is 6.29 Å². The van der Waals surface area contributed by atoms with Crippen molar-refractivity contribution in [1.29, 1.82) is 0 Å². The molecule has 0 bridgehead atoms. The molecule has 0 aromatic carbocycles. The zero-order valence-electron chi connectivity index (χ0n) is 7.72. The van der Waals surface area contributed by atoms with E-state index in [-0.39, 0.29) is 0 Å². The Morgan fingerprint density at radius 3 is 2.67 bits per heavy atom. The van der Waals surface area contributed by atoms with Crippen LogP contribution in [0.25, 0.3) is 11.3 Å². The summed E-state index contributed by atoms with van der Waals surface area (Å²) in [5, 5.41) is 0.364. The van der Waals surface area contributed by atoms with Crippen LogP contribution in [0.3, 0.4) is 0 Å². The van der Waals surface area contributed by atoms with Gasteiger partial charge in [0.05, 0.1) is 10.7 Å². The van der Waals surface area contributed by atoms with E-state index >= 15 is 0 Å². The van der Waals surface area contributed by atoms with Crippen molar-refractivity contribution in [3.63, 3.8) is 0 Å². The highest BCUT2D eigenvalue weighted by molar-refractivity contribution is 6.32. The minimum atomic E-state index is 0.364. The summed E-state index contributed by atoms with van der Waals surface area (Å²) in [7, 11) is 0. The Morgan fingerprint density at radius 1 is 1.27 bits per heavy atom. The third kappa shape index (κ3) is 2.02. The monoisotopic (exact) mass is 218 g/mol. The lowest BCUT2D eigenvalue weighted by atomic mass is 10.1. The topological polar surface area (TPSA) is 42.9 Å². The SMILES string of the molecule is O=Cc1cc(-c2ccncc2)ncc1Cl. The maximum atomic E-state index is 10.7. The van der Waals surface area contributed by atoms with Crippen LogP contribution in [0.5, 0.6) is 0 Å². The molecule has 0 amide bonds. The first-order valence-electron chi connectivity index (χ1n) is 4.32. The number of aromatic nitrogens is 2. The lowest BCUT2D eigenvalue weighted by Gasteiger charge is -2.01. The fourth-order valence-electron chi connectivity index (χ4n) is 1.23.